The normalized spacial score (nSPS) is 14.9. The molecule has 1 saturated heterocycles. The number of rotatable bonds is 6. The van der Waals surface area contributed by atoms with Gasteiger partial charge < -0.3 is 10.2 Å². The Hall–Kier alpha value is -3.43. The summed E-state index contributed by atoms with van der Waals surface area (Å²) in [4.78, 5) is 20.7. The van der Waals surface area contributed by atoms with E-state index in [0.717, 1.165) is 12.1 Å². The smallest absolute Gasteiger partial charge is 0.367 e. The maximum Gasteiger partial charge on any atom is 0.416 e. The van der Waals surface area contributed by atoms with Crippen LogP contribution in [0.4, 0.5) is 28.9 Å². The lowest BCUT2D eigenvalue weighted by molar-refractivity contribution is -0.137. The van der Waals surface area contributed by atoms with Crippen LogP contribution in [0.2, 0.25) is 5.15 Å². The molecule has 0 radical (unpaired) electrons. The minimum absolute atomic E-state index is 0.200. The number of carbonyl (C=O) groups is 1. The van der Waals surface area contributed by atoms with Gasteiger partial charge in [-0.1, -0.05) is 35.9 Å². The van der Waals surface area contributed by atoms with E-state index in [1.165, 1.54) is 42.6 Å². The van der Waals surface area contributed by atoms with Gasteiger partial charge >= 0.3 is 6.18 Å². The van der Waals surface area contributed by atoms with Crippen molar-refractivity contribution in [1.29, 1.82) is 0 Å². The van der Waals surface area contributed by atoms with Crippen molar-refractivity contribution in [2.45, 2.75) is 6.18 Å². The summed E-state index contributed by atoms with van der Waals surface area (Å²) in [5.74, 6) is -0.781. The number of pyridine rings is 1. The molecule has 1 amide bonds. The first kappa shape index (κ1) is 25.7. The quantitative estimate of drug-likeness (QED) is 0.322. The van der Waals surface area contributed by atoms with E-state index < -0.39 is 17.6 Å². The summed E-state index contributed by atoms with van der Waals surface area (Å²) in [6.07, 6.45) is 0.789. The van der Waals surface area contributed by atoms with Gasteiger partial charge in [0, 0.05) is 44.5 Å². The summed E-state index contributed by atoms with van der Waals surface area (Å²) in [6.45, 7) is 3.25. The van der Waals surface area contributed by atoms with Gasteiger partial charge in [0.25, 0.3) is 5.91 Å². The number of anilines is 2. The van der Waals surface area contributed by atoms with E-state index in [9.17, 15) is 22.4 Å². The first-order chi connectivity index (χ1) is 17.2. The van der Waals surface area contributed by atoms with Crippen molar-refractivity contribution in [3.63, 3.8) is 0 Å². The molecule has 0 unspecified atom stereocenters. The van der Waals surface area contributed by atoms with Gasteiger partial charge in [-0.05, 0) is 48.0 Å². The number of alkyl halides is 3. The molecule has 0 bridgehead atoms. The Bertz CT molecular complexity index is 1240. The fourth-order valence-electron chi connectivity index (χ4n) is 3.90. The van der Waals surface area contributed by atoms with E-state index in [2.05, 4.69) is 15.2 Å². The molecular weight excluding hydrogens is 496 g/mol. The highest BCUT2D eigenvalue weighted by Gasteiger charge is 2.29. The number of benzene rings is 2. The number of hydrogen-bond donors (Lipinski definition) is 1. The standard InChI is InChI=1S/C26H23ClF4N4O/c27-24-16-19(9-10-32-24)25(36)33-22-8-7-21(28)17-23(22)35-14-12-34(13-15-35)11-1-2-18-3-5-20(6-4-18)26(29,30)31/h1-10,16-17H,11-15H2,(H,33,36). The Labute approximate surface area is 211 Å². The zero-order valence-corrected chi connectivity index (χ0v) is 19.9. The van der Waals surface area contributed by atoms with Crippen molar-refractivity contribution in [3.8, 4) is 0 Å². The molecule has 1 aliphatic rings. The molecule has 5 nitrogen and oxygen atoms in total. The summed E-state index contributed by atoms with van der Waals surface area (Å²) in [6, 6.07) is 12.2. The fourth-order valence-corrected chi connectivity index (χ4v) is 4.08. The molecular formula is C26H23ClF4N4O. The van der Waals surface area contributed by atoms with Gasteiger partial charge in [0.05, 0.1) is 16.9 Å². The van der Waals surface area contributed by atoms with Crippen LogP contribution in [-0.2, 0) is 6.18 Å². The lowest BCUT2D eigenvalue weighted by Gasteiger charge is -2.36. The number of nitrogens with one attached hydrogen (secondary N) is 1. The molecule has 1 aliphatic heterocycles. The minimum Gasteiger partial charge on any atom is -0.367 e. The number of hydrogen-bond acceptors (Lipinski definition) is 4. The second kappa shape index (κ2) is 11.1. The third-order valence-corrected chi connectivity index (χ3v) is 6.03. The van der Waals surface area contributed by atoms with E-state index in [-0.39, 0.29) is 11.1 Å². The van der Waals surface area contributed by atoms with Crippen molar-refractivity contribution in [2.24, 2.45) is 0 Å². The van der Waals surface area contributed by atoms with Crippen LogP contribution in [0.25, 0.3) is 6.08 Å². The van der Waals surface area contributed by atoms with E-state index in [1.54, 1.807) is 12.1 Å². The molecule has 2 aromatic carbocycles. The number of nitrogens with zero attached hydrogens (tertiary/aromatic N) is 3. The highest BCUT2D eigenvalue weighted by molar-refractivity contribution is 6.29. The van der Waals surface area contributed by atoms with Gasteiger partial charge in [-0.15, -0.1) is 0 Å². The first-order valence-corrected chi connectivity index (χ1v) is 11.6. The molecule has 2 heterocycles. The van der Waals surface area contributed by atoms with E-state index in [1.807, 2.05) is 11.0 Å². The first-order valence-electron chi connectivity index (χ1n) is 11.2. The molecule has 10 heteroatoms. The predicted octanol–water partition coefficient (Wildman–Crippen LogP) is 5.98. The van der Waals surface area contributed by atoms with Crippen LogP contribution >= 0.6 is 11.6 Å². The van der Waals surface area contributed by atoms with E-state index >= 15 is 0 Å². The van der Waals surface area contributed by atoms with Crippen molar-refractivity contribution in [2.75, 3.05) is 42.9 Å². The maximum atomic E-state index is 14.1. The summed E-state index contributed by atoms with van der Waals surface area (Å²) < 4.78 is 52.1. The second-order valence-electron chi connectivity index (χ2n) is 8.29. The van der Waals surface area contributed by atoms with Crippen LogP contribution in [0.5, 0.6) is 0 Å². The SMILES string of the molecule is O=C(Nc1ccc(F)cc1N1CCN(CC=Cc2ccc(C(F)(F)F)cc2)CC1)c1ccnc(Cl)c1. The van der Waals surface area contributed by atoms with Crippen LogP contribution < -0.4 is 10.2 Å². The third-order valence-electron chi connectivity index (χ3n) is 5.82. The number of amides is 1. The monoisotopic (exact) mass is 518 g/mol. The molecule has 3 aromatic rings. The second-order valence-corrected chi connectivity index (χ2v) is 8.68. The highest BCUT2D eigenvalue weighted by Crippen LogP contribution is 2.30. The Morgan fingerprint density at radius 1 is 1.03 bits per heavy atom. The van der Waals surface area contributed by atoms with Crippen molar-refractivity contribution in [3.05, 3.63) is 94.5 Å². The maximum absolute atomic E-state index is 14.1. The largest absolute Gasteiger partial charge is 0.416 e. The van der Waals surface area contributed by atoms with Crippen LogP contribution in [0.3, 0.4) is 0 Å². The molecule has 188 valence electrons. The average Bonchev–Trinajstić information content (AvgIpc) is 2.85. The molecule has 1 fully saturated rings. The summed E-state index contributed by atoms with van der Waals surface area (Å²) in [7, 11) is 0. The summed E-state index contributed by atoms with van der Waals surface area (Å²) in [5, 5.41) is 3.03. The van der Waals surface area contributed by atoms with Gasteiger partial charge in [0.2, 0.25) is 0 Å². The molecule has 4 rings (SSSR count). The average molecular weight is 519 g/mol. The van der Waals surface area contributed by atoms with Crippen LogP contribution in [0.15, 0.2) is 66.9 Å². The number of halogens is 5. The van der Waals surface area contributed by atoms with Crippen molar-refractivity contribution < 1.29 is 22.4 Å². The van der Waals surface area contributed by atoms with Crippen LogP contribution in [-0.4, -0.2) is 48.5 Å². The van der Waals surface area contributed by atoms with Crippen LogP contribution in [0.1, 0.15) is 21.5 Å². The van der Waals surface area contributed by atoms with Gasteiger partial charge in [0.15, 0.2) is 0 Å². The zero-order valence-electron chi connectivity index (χ0n) is 19.1. The molecule has 0 aliphatic carbocycles. The van der Waals surface area contributed by atoms with E-state index in [4.69, 9.17) is 11.6 Å². The minimum atomic E-state index is -4.35. The molecule has 0 saturated carbocycles. The lowest BCUT2D eigenvalue weighted by atomic mass is 10.1. The predicted molar refractivity (Wildman–Crippen MR) is 133 cm³/mol. The Kier molecular flexibility index (Phi) is 7.91. The Balaban J connectivity index is 1.35. The Morgan fingerprint density at radius 3 is 2.42 bits per heavy atom. The zero-order chi connectivity index (χ0) is 25.7. The van der Waals surface area contributed by atoms with Gasteiger partial charge in [0.1, 0.15) is 11.0 Å². The van der Waals surface area contributed by atoms with Gasteiger partial charge in [-0.25, -0.2) is 9.37 Å². The topological polar surface area (TPSA) is 48.5 Å². The molecule has 36 heavy (non-hydrogen) atoms. The fraction of sp³-hybridized carbons (Fsp3) is 0.231. The number of piperazine rings is 1. The number of aromatic nitrogens is 1. The highest BCUT2D eigenvalue weighted by atomic mass is 35.5. The summed E-state index contributed by atoms with van der Waals surface area (Å²) >= 11 is 5.87. The molecule has 0 spiro atoms. The van der Waals surface area contributed by atoms with E-state index in [0.29, 0.717) is 55.2 Å². The summed E-state index contributed by atoms with van der Waals surface area (Å²) in [5.41, 5.74) is 1.44. The van der Waals surface area contributed by atoms with Gasteiger partial charge in [-0.2, -0.15) is 13.2 Å². The lowest BCUT2D eigenvalue weighted by Crippen LogP contribution is -2.46. The molecule has 1 aromatic heterocycles. The van der Waals surface area contributed by atoms with Crippen molar-refractivity contribution in [1.82, 2.24) is 9.88 Å². The Morgan fingerprint density at radius 2 is 1.75 bits per heavy atom. The van der Waals surface area contributed by atoms with Crippen molar-refractivity contribution >= 4 is 35.0 Å². The van der Waals surface area contributed by atoms with Crippen LogP contribution in [0, 0.1) is 5.82 Å². The molecule has 0 atom stereocenters. The third kappa shape index (κ3) is 6.61. The number of carbonyl (C=O) groups excluding carboxylic acids is 1. The van der Waals surface area contributed by atoms with Gasteiger partial charge in [-0.3, -0.25) is 9.69 Å². The molecule has 1 N–H and O–H groups in total.